The molecule has 1 aliphatic rings. The summed E-state index contributed by atoms with van der Waals surface area (Å²) < 4.78 is 5.06. The number of hydrogen-bond acceptors (Lipinski definition) is 3. The van der Waals surface area contributed by atoms with Gasteiger partial charge in [0.2, 0.25) is 0 Å². The lowest BCUT2D eigenvalue weighted by molar-refractivity contribution is 0.664. The van der Waals surface area contributed by atoms with Crippen molar-refractivity contribution in [3.05, 3.63) is 217 Å². The van der Waals surface area contributed by atoms with E-state index in [1.54, 1.807) is 0 Å². The Labute approximate surface area is 329 Å². The van der Waals surface area contributed by atoms with Crippen molar-refractivity contribution in [1.82, 2.24) is 9.88 Å². The topological polar surface area (TPSA) is 29.3 Å². The lowest BCUT2D eigenvalue weighted by Gasteiger charge is -2.25. The molecule has 0 amide bonds. The van der Waals surface area contributed by atoms with Gasteiger partial charge in [0.15, 0.2) is 0 Å². The van der Waals surface area contributed by atoms with Gasteiger partial charge in [0.1, 0.15) is 6.17 Å². The summed E-state index contributed by atoms with van der Waals surface area (Å²) in [6.07, 6.45) is 1.99. The Morgan fingerprint density at radius 2 is 1.12 bits per heavy atom. The van der Waals surface area contributed by atoms with Crippen molar-refractivity contribution in [2.45, 2.75) is 6.17 Å². The van der Waals surface area contributed by atoms with Crippen LogP contribution in [0.5, 0.6) is 0 Å². The number of nitrogens with zero attached hydrogens (tertiary/aromatic N) is 2. The number of aliphatic imine (C=N–C) groups is 1. The quantitative estimate of drug-likeness (QED) is 0.181. The number of allylic oxidation sites excluding steroid dienone is 1. The fourth-order valence-electron chi connectivity index (χ4n) is 8.33. The van der Waals surface area contributed by atoms with Crippen LogP contribution in [-0.2, 0) is 0 Å². The fraction of sp³-hybridized carbons (Fsp3) is 0.0192. The second kappa shape index (κ2) is 13.4. The highest BCUT2D eigenvalue weighted by Crippen LogP contribution is 2.44. The van der Waals surface area contributed by atoms with Crippen LogP contribution < -0.4 is 5.32 Å². The fourth-order valence-corrected chi connectivity index (χ4v) is 9.55. The van der Waals surface area contributed by atoms with E-state index in [1.165, 1.54) is 58.7 Å². The maximum atomic E-state index is 5.34. The van der Waals surface area contributed by atoms with Crippen LogP contribution in [0.1, 0.15) is 22.9 Å². The summed E-state index contributed by atoms with van der Waals surface area (Å²) in [4.78, 5) is 5.34. The highest BCUT2D eigenvalue weighted by atomic mass is 32.1. The van der Waals surface area contributed by atoms with Crippen LogP contribution in [-0.4, -0.2) is 10.3 Å². The summed E-state index contributed by atoms with van der Waals surface area (Å²) >= 11 is 1.88. The molecule has 0 bridgehead atoms. The number of nitrogens with one attached hydrogen (secondary N) is 1. The average molecular weight is 734 g/mol. The molecule has 56 heavy (non-hydrogen) atoms. The monoisotopic (exact) mass is 733 g/mol. The van der Waals surface area contributed by atoms with E-state index < -0.39 is 0 Å². The van der Waals surface area contributed by atoms with E-state index in [0.717, 1.165) is 39.3 Å². The van der Waals surface area contributed by atoms with Crippen molar-refractivity contribution in [2.75, 3.05) is 0 Å². The molecule has 1 N–H and O–H groups in total. The molecule has 0 saturated heterocycles. The van der Waals surface area contributed by atoms with Gasteiger partial charge in [0, 0.05) is 53.5 Å². The lowest BCUT2D eigenvalue weighted by atomic mass is 9.97. The Kier molecular flexibility index (Phi) is 7.75. The number of para-hydroxylation sites is 1. The Morgan fingerprint density at radius 3 is 1.95 bits per heavy atom. The van der Waals surface area contributed by atoms with Crippen molar-refractivity contribution in [3.8, 4) is 27.9 Å². The smallest absolute Gasteiger partial charge is 0.145 e. The molecule has 1 unspecified atom stereocenters. The molecular formula is C52H35N3S. The summed E-state index contributed by atoms with van der Waals surface area (Å²) in [5.41, 5.74) is 13.7. The second-order valence-electron chi connectivity index (χ2n) is 14.4. The molecule has 0 radical (unpaired) electrons. The normalized spacial score (nSPS) is 14.2. The number of thiophene rings is 1. The maximum Gasteiger partial charge on any atom is 0.145 e. The van der Waals surface area contributed by atoms with Crippen LogP contribution in [0.4, 0.5) is 0 Å². The van der Waals surface area contributed by atoms with Gasteiger partial charge in [-0.3, -0.25) is 4.99 Å². The molecule has 3 heterocycles. The Balaban J connectivity index is 1.15. The number of aromatic nitrogens is 1. The molecule has 4 heteroatoms. The van der Waals surface area contributed by atoms with Crippen LogP contribution in [0, 0.1) is 0 Å². The van der Waals surface area contributed by atoms with Gasteiger partial charge in [-0.25, -0.2) is 0 Å². The largest absolute Gasteiger partial charge is 0.360 e. The third kappa shape index (κ3) is 5.54. The van der Waals surface area contributed by atoms with Crippen molar-refractivity contribution >= 4 is 64.7 Å². The van der Waals surface area contributed by atoms with Gasteiger partial charge in [0.25, 0.3) is 0 Å². The first-order chi connectivity index (χ1) is 27.7. The molecule has 1 atom stereocenters. The Hall–Kier alpha value is -7.01. The van der Waals surface area contributed by atoms with Crippen LogP contribution in [0.2, 0.25) is 0 Å². The molecule has 0 fully saturated rings. The maximum absolute atomic E-state index is 5.34. The first-order valence-electron chi connectivity index (χ1n) is 19.1. The van der Waals surface area contributed by atoms with Gasteiger partial charge in [-0.15, -0.1) is 11.3 Å². The molecule has 10 aromatic rings. The van der Waals surface area contributed by atoms with Gasteiger partial charge in [-0.1, -0.05) is 158 Å². The van der Waals surface area contributed by atoms with Crippen LogP contribution in [0.3, 0.4) is 0 Å². The number of fused-ring (bicyclic) bond motifs is 6. The van der Waals surface area contributed by atoms with E-state index in [-0.39, 0.29) is 6.17 Å². The van der Waals surface area contributed by atoms with Crippen LogP contribution in [0.25, 0.3) is 75.6 Å². The second-order valence-corrected chi connectivity index (χ2v) is 15.4. The zero-order valence-corrected chi connectivity index (χ0v) is 31.2. The van der Waals surface area contributed by atoms with E-state index >= 15 is 0 Å². The summed E-state index contributed by atoms with van der Waals surface area (Å²) in [6.45, 7) is 0. The lowest BCUT2D eigenvalue weighted by Crippen LogP contribution is -2.24. The van der Waals surface area contributed by atoms with Gasteiger partial charge >= 0.3 is 0 Å². The van der Waals surface area contributed by atoms with E-state index in [1.807, 2.05) is 11.3 Å². The number of rotatable bonds is 6. The minimum Gasteiger partial charge on any atom is -0.360 e. The molecule has 0 aliphatic carbocycles. The molecule has 1 aliphatic heterocycles. The van der Waals surface area contributed by atoms with Crippen molar-refractivity contribution in [1.29, 1.82) is 0 Å². The molecular weight excluding hydrogens is 699 g/mol. The molecule has 0 saturated carbocycles. The first-order valence-corrected chi connectivity index (χ1v) is 19.9. The van der Waals surface area contributed by atoms with Gasteiger partial charge < -0.3 is 9.88 Å². The molecule has 2 aromatic heterocycles. The van der Waals surface area contributed by atoms with Gasteiger partial charge in [-0.2, -0.15) is 0 Å². The number of hydrogen-bond donors (Lipinski definition) is 1. The van der Waals surface area contributed by atoms with Crippen molar-refractivity contribution in [3.63, 3.8) is 0 Å². The Bertz CT molecular complexity index is 3150. The molecule has 0 spiro atoms. The van der Waals surface area contributed by atoms with E-state index in [4.69, 9.17) is 4.99 Å². The summed E-state index contributed by atoms with van der Waals surface area (Å²) in [5, 5.41) is 8.72. The predicted octanol–water partition coefficient (Wildman–Crippen LogP) is 13.6. The molecule has 264 valence electrons. The van der Waals surface area contributed by atoms with Crippen molar-refractivity contribution < 1.29 is 0 Å². The van der Waals surface area contributed by atoms with E-state index in [2.05, 4.69) is 210 Å². The molecule has 11 rings (SSSR count). The predicted molar refractivity (Wildman–Crippen MR) is 238 cm³/mol. The summed E-state index contributed by atoms with van der Waals surface area (Å²) in [5.74, 6) is 0. The minimum atomic E-state index is -0.212. The van der Waals surface area contributed by atoms with E-state index in [9.17, 15) is 0 Å². The van der Waals surface area contributed by atoms with Crippen LogP contribution >= 0.6 is 11.3 Å². The third-order valence-corrected chi connectivity index (χ3v) is 12.2. The van der Waals surface area contributed by atoms with Crippen molar-refractivity contribution in [2.24, 2.45) is 4.99 Å². The number of benzene rings is 8. The van der Waals surface area contributed by atoms with Gasteiger partial charge in [-0.05, 0) is 70.3 Å². The SMILES string of the molecule is C1=C(c2ccccc2)NC(c2ccccc2)N=C1c1ccc2c3ccccc3n(-c3cc(-c4cccc(-c5ccccc5)c4)c4sc5ccccc5c4c3)c2c1. The summed E-state index contributed by atoms with van der Waals surface area (Å²) in [7, 11) is 0. The standard InChI is InChI=1S/C52H35N3S/c1-4-15-34(16-5-1)37-21-14-22-38(29-37)44-31-40(32-45-43-24-11-13-26-50(43)56-51(44)45)55-48-25-12-10-23-41(48)42-28-27-39(30-49(42)55)47-33-46(35-17-6-2-7-18-35)53-52(54-47)36-19-8-3-9-20-36/h1-33,52-53H. The molecule has 3 nitrogen and oxygen atoms in total. The molecule has 8 aromatic carbocycles. The first kappa shape index (κ1) is 32.4. The highest BCUT2D eigenvalue weighted by Gasteiger charge is 2.22. The highest BCUT2D eigenvalue weighted by molar-refractivity contribution is 7.26. The van der Waals surface area contributed by atoms with Crippen LogP contribution in [0.15, 0.2) is 205 Å². The Morgan fingerprint density at radius 1 is 0.464 bits per heavy atom. The third-order valence-electron chi connectivity index (χ3n) is 11.0. The van der Waals surface area contributed by atoms with E-state index in [0.29, 0.717) is 0 Å². The van der Waals surface area contributed by atoms with Gasteiger partial charge in [0.05, 0.1) is 16.7 Å². The average Bonchev–Trinajstić information content (AvgIpc) is 3.82. The summed E-state index contributed by atoms with van der Waals surface area (Å²) in [6, 6.07) is 70.0. The zero-order valence-electron chi connectivity index (χ0n) is 30.4. The zero-order chi connectivity index (χ0) is 37.0. The minimum absolute atomic E-state index is 0.212.